The van der Waals surface area contributed by atoms with Gasteiger partial charge in [0.05, 0.1) is 18.6 Å². The number of alkyl halides is 1. The maximum absolute atomic E-state index is 11.9. The topological polar surface area (TPSA) is 67.2 Å². The molecule has 1 heterocycles. The highest BCUT2D eigenvalue weighted by atomic mass is 19.1. The van der Waals surface area contributed by atoms with E-state index in [1.54, 1.807) is 10.8 Å². The highest BCUT2D eigenvalue weighted by Gasteiger charge is 1.99. The molecule has 14 heavy (non-hydrogen) atoms. The van der Waals surface area contributed by atoms with E-state index in [0.29, 0.717) is 19.5 Å². The molecule has 1 rings (SSSR count). The van der Waals surface area contributed by atoms with E-state index in [9.17, 15) is 9.18 Å². The summed E-state index contributed by atoms with van der Waals surface area (Å²) in [5, 5.41) is 10.5. The first-order valence-corrected chi connectivity index (χ1v) is 4.26. The van der Waals surface area contributed by atoms with Gasteiger partial charge >= 0.3 is 6.09 Å². The molecule has 0 spiro atoms. The molecular weight excluding hydrogens is 189 g/mol. The molecule has 0 unspecified atom stereocenters. The van der Waals surface area contributed by atoms with E-state index in [2.05, 4.69) is 10.3 Å². The van der Waals surface area contributed by atoms with E-state index >= 15 is 0 Å². The fraction of sp³-hybridized carbons (Fsp3) is 0.500. The Labute approximate surface area is 80.6 Å². The number of hydrogen-bond donors (Lipinski definition) is 2. The Balaban J connectivity index is 2.32. The quantitative estimate of drug-likeness (QED) is 0.735. The number of imidazole rings is 1. The largest absolute Gasteiger partial charge is 0.465 e. The third kappa shape index (κ3) is 3.42. The Morgan fingerprint density at radius 3 is 3.14 bits per heavy atom. The van der Waals surface area contributed by atoms with Crippen molar-refractivity contribution in [1.29, 1.82) is 0 Å². The number of rotatable bonds is 5. The van der Waals surface area contributed by atoms with Gasteiger partial charge in [0.25, 0.3) is 0 Å². The van der Waals surface area contributed by atoms with Crippen molar-refractivity contribution in [3.63, 3.8) is 0 Å². The second-order valence-corrected chi connectivity index (χ2v) is 2.77. The van der Waals surface area contributed by atoms with Crippen molar-refractivity contribution in [3.05, 3.63) is 18.2 Å². The van der Waals surface area contributed by atoms with Gasteiger partial charge in [0.2, 0.25) is 0 Å². The van der Waals surface area contributed by atoms with Gasteiger partial charge in [0, 0.05) is 19.2 Å². The number of aromatic nitrogens is 2. The van der Waals surface area contributed by atoms with Crippen molar-refractivity contribution in [2.24, 2.45) is 0 Å². The second kappa shape index (κ2) is 5.21. The SMILES string of the molecule is O=C(O)NCCc1cn(CCF)cn1. The van der Waals surface area contributed by atoms with Gasteiger partial charge in [-0.1, -0.05) is 0 Å². The fourth-order valence-electron chi connectivity index (χ4n) is 1.05. The number of aryl methyl sites for hydroxylation is 1. The van der Waals surface area contributed by atoms with Gasteiger partial charge in [-0.15, -0.1) is 0 Å². The smallest absolute Gasteiger partial charge is 0.404 e. The van der Waals surface area contributed by atoms with Gasteiger partial charge in [-0.25, -0.2) is 14.2 Å². The van der Waals surface area contributed by atoms with Crippen LogP contribution in [0.2, 0.25) is 0 Å². The van der Waals surface area contributed by atoms with Crippen LogP contribution in [0.3, 0.4) is 0 Å². The van der Waals surface area contributed by atoms with Crippen LogP contribution in [0.4, 0.5) is 9.18 Å². The number of halogens is 1. The molecular formula is C8H12FN3O2. The van der Waals surface area contributed by atoms with E-state index < -0.39 is 12.8 Å². The molecule has 0 saturated heterocycles. The predicted molar refractivity (Wildman–Crippen MR) is 47.9 cm³/mol. The van der Waals surface area contributed by atoms with E-state index in [1.165, 1.54) is 6.33 Å². The summed E-state index contributed by atoms with van der Waals surface area (Å²) < 4.78 is 13.5. The van der Waals surface area contributed by atoms with Crippen LogP contribution in [0.1, 0.15) is 5.69 Å². The number of hydrogen-bond acceptors (Lipinski definition) is 2. The maximum atomic E-state index is 11.9. The van der Waals surface area contributed by atoms with Crippen LogP contribution in [-0.4, -0.2) is 34.0 Å². The maximum Gasteiger partial charge on any atom is 0.404 e. The van der Waals surface area contributed by atoms with Gasteiger partial charge in [-0.3, -0.25) is 0 Å². The lowest BCUT2D eigenvalue weighted by Gasteiger charge is -1.97. The third-order valence-electron chi connectivity index (χ3n) is 1.69. The fourth-order valence-corrected chi connectivity index (χ4v) is 1.05. The first-order chi connectivity index (χ1) is 6.72. The van der Waals surface area contributed by atoms with Crippen molar-refractivity contribution in [1.82, 2.24) is 14.9 Å². The summed E-state index contributed by atoms with van der Waals surface area (Å²) in [6.07, 6.45) is 2.72. The van der Waals surface area contributed by atoms with Gasteiger partial charge in [-0.05, 0) is 0 Å². The summed E-state index contributed by atoms with van der Waals surface area (Å²) in [6, 6.07) is 0. The van der Waals surface area contributed by atoms with Gasteiger partial charge in [0.1, 0.15) is 6.67 Å². The molecule has 0 fully saturated rings. The molecule has 5 nitrogen and oxygen atoms in total. The minimum atomic E-state index is -1.05. The van der Waals surface area contributed by atoms with Crippen LogP contribution in [0.15, 0.2) is 12.5 Å². The van der Waals surface area contributed by atoms with Crippen LogP contribution >= 0.6 is 0 Å². The van der Waals surface area contributed by atoms with E-state index in [4.69, 9.17) is 5.11 Å². The molecule has 0 aliphatic carbocycles. The van der Waals surface area contributed by atoms with Gasteiger partial charge in [0.15, 0.2) is 0 Å². The molecule has 78 valence electrons. The predicted octanol–water partition coefficient (Wildman–Crippen LogP) is 0.663. The Morgan fingerprint density at radius 2 is 2.50 bits per heavy atom. The monoisotopic (exact) mass is 201 g/mol. The van der Waals surface area contributed by atoms with E-state index in [1.807, 2.05) is 0 Å². The zero-order chi connectivity index (χ0) is 10.4. The number of nitrogens with one attached hydrogen (secondary N) is 1. The van der Waals surface area contributed by atoms with Gasteiger partial charge < -0.3 is 15.0 Å². The molecule has 0 aliphatic heterocycles. The van der Waals surface area contributed by atoms with Crippen molar-refractivity contribution in [3.8, 4) is 0 Å². The highest BCUT2D eigenvalue weighted by molar-refractivity contribution is 5.64. The number of carboxylic acid groups (broad SMARTS) is 1. The van der Waals surface area contributed by atoms with Crippen molar-refractivity contribution in [2.45, 2.75) is 13.0 Å². The van der Waals surface area contributed by atoms with Crippen LogP contribution in [0.25, 0.3) is 0 Å². The molecule has 6 heteroatoms. The van der Waals surface area contributed by atoms with E-state index in [-0.39, 0.29) is 0 Å². The first kappa shape index (κ1) is 10.5. The van der Waals surface area contributed by atoms with Crippen molar-refractivity contribution in [2.75, 3.05) is 13.2 Å². The zero-order valence-electron chi connectivity index (χ0n) is 7.61. The lowest BCUT2D eigenvalue weighted by molar-refractivity contribution is 0.194. The minimum absolute atomic E-state index is 0.291. The highest BCUT2D eigenvalue weighted by Crippen LogP contribution is 1.96. The standard InChI is InChI=1S/C8H12FN3O2/c9-2-4-12-5-7(11-6-12)1-3-10-8(13)14/h5-6,10H,1-4H2,(H,13,14). The average Bonchev–Trinajstić information content (AvgIpc) is 2.53. The Bertz CT molecular complexity index is 301. The molecule has 1 aromatic rings. The molecule has 2 N–H and O–H groups in total. The van der Waals surface area contributed by atoms with Crippen molar-refractivity contribution >= 4 is 6.09 Å². The summed E-state index contributed by atoms with van der Waals surface area (Å²) in [5.74, 6) is 0. The Morgan fingerprint density at radius 1 is 1.71 bits per heavy atom. The summed E-state index contributed by atoms with van der Waals surface area (Å²) in [4.78, 5) is 14.1. The minimum Gasteiger partial charge on any atom is -0.465 e. The lowest BCUT2D eigenvalue weighted by Crippen LogP contribution is -2.23. The third-order valence-corrected chi connectivity index (χ3v) is 1.69. The molecule has 0 saturated carbocycles. The summed E-state index contributed by atoms with van der Waals surface area (Å²) in [6.45, 7) is 0.185. The van der Waals surface area contributed by atoms with Crippen LogP contribution in [0, 0.1) is 0 Å². The first-order valence-electron chi connectivity index (χ1n) is 4.26. The molecule has 1 amide bonds. The average molecular weight is 201 g/mol. The molecule has 0 atom stereocenters. The normalized spacial score (nSPS) is 10.1. The van der Waals surface area contributed by atoms with Gasteiger partial charge in [-0.2, -0.15) is 0 Å². The van der Waals surface area contributed by atoms with E-state index in [0.717, 1.165) is 5.69 Å². The van der Waals surface area contributed by atoms with Crippen LogP contribution in [0.5, 0.6) is 0 Å². The summed E-state index contributed by atoms with van der Waals surface area (Å²) in [7, 11) is 0. The van der Waals surface area contributed by atoms with Crippen LogP contribution < -0.4 is 5.32 Å². The Hall–Kier alpha value is -1.59. The number of amides is 1. The molecule has 0 aromatic carbocycles. The summed E-state index contributed by atoms with van der Waals surface area (Å²) in [5.41, 5.74) is 0.757. The Kier molecular flexibility index (Phi) is 3.90. The van der Waals surface area contributed by atoms with Crippen LogP contribution in [-0.2, 0) is 13.0 Å². The molecule has 0 bridgehead atoms. The molecule has 1 aromatic heterocycles. The second-order valence-electron chi connectivity index (χ2n) is 2.77. The van der Waals surface area contributed by atoms with Crippen molar-refractivity contribution < 1.29 is 14.3 Å². The number of nitrogens with zero attached hydrogens (tertiary/aromatic N) is 2. The molecule has 0 radical (unpaired) electrons. The zero-order valence-corrected chi connectivity index (χ0v) is 7.61. The summed E-state index contributed by atoms with van der Waals surface area (Å²) >= 11 is 0. The molecule has 0 aliphatic rings. The lowest BCUT2D eigenvalue weighted by atomic mass is 10.3. The number of carbonyl (C=O) groups is 1.